The molecule has 5 heteroatoms. The number of hydrogen-bond acceptors (Lipinski definition) is 3. The molecule has 0 aliphatic rings. The lowest BCUT2D eigenvalue weighted by atomic mass is 10.2. The summed E-state index contributed by atoms with van der Waals surface area (Å²) in [5.41, 5.74) is 1.85. The van der Waals surface area contributed by atoms with E-state index >= 15 is 0 Å². The van der Waals surface area contributed by atoms with E-state index in [9.17, 15) is 9.59 Å². The molecule has 0 fully saturated rings. The average molecular weight is 277 g/mol. The van der Waals surface area contributed by atoms with Crippen LogP contribution in [0.25, 0.3) is 0 Å². The van der Waals surface area contributed by atoms with Crippen LogP contribution in [-0.4, -0.2) is 31.4 Å². The van der Waals surface area contributed by atoms with Gasteiger partial charge in [-0.2, -0.15) is 0 Å². The zero-order valence-electron chi connectivity index (χ0n) is 12.3. The van der Waals surface area contributed by atoms with Crippen LogP contribution in [0.3, 0.4) is 0 Å². The van der Waals surface area contributed by atoms with E-state index in [1.165, 1.54) is 0 Å². The highest BCUT2D eigenvalue weighted by Gasteiger charge is 2.05. The van der Waals surface area contributed by atoms with E-state index in [1.54, 1.807) is 0 Å². The lowest BCUT2D eigenvalue weighted by Crippen LogP contribution is -2.38. The van der Waals surface area contributed by atoms with Crippen molar-refractivity contribution in [2.24, 2.45) is 5.92 Å². The summed E-state index contributed by atoms with van der Waals surface area (Å²) in [6.45, 7) is 6.94. The average Bonchev–Trinajstić information content (AvgIpc) is 2.36. The molecule has 20 heavy (non-hydrogen) atoms. The third-order valence-corrected chi connectivity index (χ3v) is 2.58. The van der Waals surface area contributed by atoms with Crippen molar-refractivity contribution in [3.05, 3.63) is 29.8 Å². The number of aryl methyl sites for hydroxylation is 1. The van der Waals surface area contributed by atoms with Crippen molar-refractivity contribution in [3.8, 4) is 0 Å². The predicted molar refractivity (Wildman–Crippen MR) is 80.5 cm³/mol. The first-order valence-corrected chi connectivity index (χ1v) is 6.81. The highest BCUT2D eigenvalue weighted by atomic mass is 16.2. The molecule has 0 unspecified atom stereocenters. The first kappa shape index (κ1) is 16.2. The Morgan fingerprint density at radius 3 is 2.50 bits per heavy atom. The number of carbonyl (C=O) groups is 2. The number of rotatable bonds is 7. The Morgan fingerprint density at radius 2 is 1.85 bits per heavy atom. The minimum atomic E-state index is -0.160. The summed E-state index contributed by atoms with van der Waals surface area (Å²) >= 11 is 0. The Hall–Kier alpha value is -1.88. The highest BCUT2D eigenvalue weighted by Crippen LogP contribution is 2.08. The molecule has 1 rings (SSSR count). The fourth-order valence-corrected chi connectivity index (χ4v) is 1.60. The first-order valence-electron chi connectivity index (χ1n) is 6.81. The van der Waals surface area contributed by atoms with Crippen molar-refractivity contribution in [1.29, 1.82) is 0 Å². The van der Waals surface area contributed by atoms with Gasteiger partial charge < -0.3 is 10.6 Å². The Morgan fingerprint density at radius 1 is 1.15 bits per heavy atom. The molecule has 2 amide bonds. The van der Waals surface area contributed by atoms with E-state index in [0.717, 1.165) is 11.3 Å². The van der Waals surface area contributed by atoms with Gasteiger partial charge in [-0.15, -0.1) is 0 Å². The summed E-state index contributed by atoms with van der Waals surface area (Å²) in [5.74, 6) is 0.165. The molecule has 0 saturated heterocycles. The Bertz CT molecular complexity index is 458. The van der Waals surface area contributed by atoms with Gasteiger partial charge in [0.15, 0.2) is 0 Å². The molecule has 5 nitrogen and oxygen atoms in total. The summed E-state index contributed by atoms with van der Waals surface area (Å²) in [6, 6.07) is 7.58. The fraction of sp³-hybridized carbons (Fsp3) is 0.467. The van der Waals surface area contributed by atoms with Crippen LogP contribution in [0.15, 0.2) is 24.3 Å². The van der Waals surface area contributed by atoms with Crippen molar-refractivity contribution in [3.63, 3.8) is 0 Å². The summed E-state index contributed by atoms with van der Waals surface area (Å²) < 4.78 is 0. The number of amides is 2. The van der Waals surface area contributed by atoms with Crippen LogP contribution in [0.1, 0.15) is 19.4 Å². The summed E-state index contributed by atoms with van der Waals surface area (Å²) in [4.78, 5) is 23.1. The zero-order chi connectivity index (χ0) is 15.0. The molecule has 0 radical (unpaired) electrons. The van der Waals surface area contributed by atoms with Gasteiger partial charge in [-0.1, -0.05) is 26.0 Å². The standard InChI is InChI=1S/C15H23N3O2/c1-11(2)8-17-14(19)9-16-10-15(20)18-13-6-4-5-12(3)7-13/h4-7,11,16H,8-10H2,1-3H3,(H,17,19)(H,18,20). The first-order chi connectivity index (χ1) is 9.47. The number of hydrogen-bond donors (Lipinski definition) is 3. The Balaban J connectivity index is 2.22. The number of benzene rings is 1. The molecule has 0 atom stereocenters. The van der Waals surface area contributed by atoms with Crippen LogP contribution < -0.4 is 16.0 Å². The predicted octanol–water partition coefficient (Wildman–Crippen LogP) is 1.30. The van der Waals surface area contributed by atoms with E-state index in [1.807, 2.05) is 45.0 Å². The van der Waals surface area contributed by atoms with Gasteiger partial charge >= 0.3 is 0 Å². The maximum atomic E-state index is 11.7. The molecule has 1 aromatic carbocycles. The largest absolute Gasteiger partial charge is 0.355 e. The van der Waals surface area contributed by atoms with Crippen LogP contribution in [0.2, 0.25) is 0 Å². The normalized spacial score (nSPS) is 10.4. The molecule has 0 aromatic heterocycles. The zero-order valence-corrected chi connectivity index (χ0v) is 12.3. The summed E-state index contributed by atoms with van der Waals surface area (Å²) in [7, 11) is 0. The molecule has 0 bridgehead atoms. The van der Waals surface area contributed by atoms with E-state index < -0.39 is 0 Å². The number of anilines is 1. The topological polar surface area (TPSA) is 70.2 Å². The maximum Gasteiger partial charge on any atom is 0.238 e. The number of nitrogens with one attached hydrogen (secondary N) is 3. The van der Waals surface area contributed by atoms with Crippen molar-refractivity contribution in [2.45, 2.75) is 20.8 Å². The summed E-state index contributed by atoms with van der Waals surface area (Å²) in [6.07, 6.45) is 0. The smallest absolute Gasteiger partial charge is 0.238 e. The third kappa shape index (κ3) is 6.89. The quantitative estimate of drug-likeness (QED) is 0.703. The van der Waals surface area contributed by atoms with Crippen molar-refractivity contribution >= 4 is 17.5 Å². The van der Waals surface area contributed by atoms with E-state index in [-0.39, 0.29) is 24.9 Å². The van der Waals surface area contributed by atoms with Gasteiger partial charge in [0.2, 0.25) is 11.8 Å². The molecule has 0 aliphatic carbocycles. The molecular weight excluding hydrogens is 254 g/mol. The minimum Gasteiger partial charge on any atom is -0.355 e. The summed E-state index contributed by atoms with van der Waals surface area (Å²) in [5, 5.41) is 8.37. The van der Waals surface area contributed by atoms with Gasteiger partial charge in [-0.25, -0.2) is 0 Å². The van der Waals surface area contributed by atoms with Crippen molar-refractivity contribution in [2.75, 3.05) is 25.0 Å². The van der Waals surface area contributed by atoms with Gasteiger partial charge in [0, 0.05) is 12.2 Å². The van der Waals surface area contributed by atoms with Crippen molar-refractivity contribution in [1.82, 2.24) is 10.6 Å². The third-order valence-electron chi connectivity index (χ3n) is 2.58. The fourth-order valence-electron chi connectivity index (χ4n) is 1.60. The van der Waals surface area contributed by atoms with E-state index in [0.29, 0.717) is 12.5 Å². The van der Waals surface area contributed by atoms with E-state index in [4.69, 9.17) is 0 Å². The van der Waals surface area contributed by atoms with Crippen molar-refractivity contribution < 1.29 is 9.59 Å². The van der Waals surface area contributed by atoms with Crippen LogP contribution in [-0.2, 0) is 9.59 Å². The second-order valence-electron chi connectivity index (χ2n) is 5.22. The van der Waals surface area contributed by atoms with Crippen LogP contribution in [0.4, 0.5) is 5.69 Å². The molecule has 0 heterocycles. The van der Waals surface area contributed by atoms with Gasteiger partial charge in [-0.3, -0.25) is 14.9 Å². The lowest BCUT2D eigenvalue weighted by Gasteiger charge is -2.09. The molecule has 3 N–H and O–H groups in total. The molecule has 0 saturated carbocycles. The van der Waals surface area contributed by atoms with Gasteiger partial charge in [0.25, 0.3) is 0 Å². The Labute approximate surface area is 120 Å². The lowest BCUT2D eigenvalue weighted by molar-refractivity contribution is -0.120. The second kappa shape index (κ2) is 8.32. The van der Waals surface area contributed by atoms with Crippen LogP contribution in [0, 0.1) is 12.8 Å². The van der Waals surface area contributed by atoms with E-state index in [2.05, 4.69) is 16.0 Å². The van der Waals surface area contributed by atoms with Crippen LogP contribution in [0.5, 0.6) is 0 Å². The highest BCUT2D eigenvalue weighted by molar-refractivity contribution is 5.92. The molecule has 0 aliphatic heterocycles. The minimum absolute atomic E-state index is 0.0953. The van der Waals surface area contributed by atoms with Crippen LogP contribution >= 0.6 is 0 Å². The molecular formula is C15H23N3O2. The molecule has 110 valence electrons. The van der Waals surface area contributed by atoms with Gasteiger partial charge in [-0.05, 0) is 30.5 Å². The molecule has 0 spiro atoms. The number of carbonyl (C=O) groups excluding carboxylic acids is 2. The Kier molecular flexibility index (Phi) is 6.73. The monoisotopic (exact) mass is 277 g/mol. The maximum absolute atomic E-state index is 11.7. The van der Waals surface area contributed by atoms with Gasteiger partial charge in [0.1, 0.15) is 0 Å². The molecule has 1 aromatic rings. The van der Waals surface area contributed by atoms with Gasteiger partial charge in [0.05, 0.1) is 13.1 Å². The second-order valence-corrected chi connectivity index (χ2v) is 5.22. The SMILES string of the molecule is Cc1cccc(NC(=O)CNCC(=O)NCC(C)C)c1.